The van der Waals surface area contributed by atoms with Gasteiger partial charge in [0.15, 0.2) is 0 Å². The largest absolute Gasteiger partial charge is 0.465 e. The number of hydrogen-bond donors (Lipinski definition) is 1. The molecule has 2 unspecified atom stereocenters. The number of carbonyl (C=O) groups excluding carboxylic acids is 1. The first-order valence-electron chi connectivity index (χ1n) is 6.18. The first kappa shape index (κ1) is 10.9. The molecule has 15 heavy (non-hydrogen) atoms. The highest BCUT2D eigenvalue weighted by Gasteiger charge is 2.33. The van der Waals surface area contributed by atoms with Crippen LogP contribution in [0.25, 0.3) is 0 Å². The fourth-order valence-corrected chi connectivity index (χ4v) is 2.47. The van der Waals surface area contributed by atoms with Crippen molar-refractivity contribution in [2.75, 3.05) is 13.2 Å². The van der Waals surface area contributed by atoms with Crippen LogP contribution in [-0.4, -0.2) is 19.1 Å². The van der Waals surface area contributed by atoms with Crippen LogP contribution in [0.1, 0.15) is 38.5 Å². The normalized spacial score (nSPS) is 30.5. The lowest BCUT2D eigenvalue weighted by Gasteiger charge is -2.16. The van der Waals surface area contributed by atoms with Crippen molar-refractivity contribution in [3.05, 3.63) is 0 Å². The molecular weight excluding hydrogens is 190 g/mol. The molecule has 0 bridgehead atoms. The van der Waals surface area contributed by atoms with Gasteiger partial charge in [0.2, 0.25) is 0 Å². The molecule has 3 nitrogen and oxygen atoms in total. The molecule has 0 saturated heterocycles. The molecule has 2 fully saturated rings. The second-order valence-electron chi connectivity index (χ2n) is 4.93. The third kappa shape index (κ3) is 2.94. The molecule has 0 spiro atoms. The summed E-state index contributed by atoms with van der Waals surface area (Å²) in [6, 6.07) is 0. The van der Waals surface area contributed by atoms with E-state index in [9.17, 15) is 4.79 Å². The van der Waals surface area contributed by atoms with Gasteiger partial charge in [-0.3, -0.25) is 4.79 Å². The van der Waals surface area contributed by atoms with Crippen molar-refractivity contribution in [3.63, 3.8) is 0 Å². The molecule has 3 heteroatoms. The summed E-state index contributed by atoms with van der Waals surface area (Å²) in [7, 11) is 0. The number of esters is 1. The maximum absolute atomic E-state index is 11.7. The van der Waals surface area contributed by atoms with Crippen molar-refractivity contribution in [2.45, 2.75) is 38.5 Å². The van der Waals surface area contributed by atoms with Crippen LogP contribution in [0.2, 0.25) is 0 Å². The van der Waals surface area contributed by atoms with Crippen LogP contribution in [0, 0.1) is 17.8 Å². The molecule has 2 rings (SSSR count). The third-order valence-electron chi connectivity index (χ3n) is 3.73. The highest BCUT2D eigenvalue weighted by atomic mass is 16.5. The Labute approximate surface area is 91.4 Å². The van der Waals surface area contributed by atoms with Crippen LogP contribution in [-0.2, 0) is 9.53 Å². The molecule has 2 saturated carbocycles. The smallest absolute Gasteiger partial charge is 0.309 e. The Morgan fingerprint density at radius 1 is 1.27 bits per heavy atom. The Kier molecular flexibility index (Phi) is 3.62. The summed E-state index contributed by atoms with van der Waals surface area (Å²) in [4.78, 5) is 11.7. The van der Waals surface area contributed by atoms with Gasteiger partial charge in [0.25, 0.3) is 0 Å². The van der Waals surface area contributed by atoms with E-state index in [-0.39, 0.29) is 11.9 Å². The molecule has 0 radical (unpaired) electrons. The molecule has 2 aliphatic carbocycles. The van der Waals surface area contributed by atoms with Gasteiger partial charge in [-0.05, 0) is 37.6 Å². The summed E-state index contributed by atoms with van der Waals surface area (Å²) in [6.45, 7) is 1.25. The Morgan fingerprint density at radius 3 is 2.73 bits per heavy atom. The molecule has 0 amide bonds. The summed E-state index contributed by atoms with van der Waals surface area (Å²) in [5.41, 5.74) is 5.64. The van der Waals surface area contributed by atoms with E-state index in [1.54, 1.807) is 0 Å². The standard InChI is InChI=1S/C12H21NO2/c13-8-10-2-1-3-11(10)12(14)15-7-6-9-4-5-9/h9-11H,1-8,13H2. The topological polar surface area (TPSA) is 52.3 Å². The van der Waals surface area contributed by atoms with Gasteiger partial charge in [-0.25, -0.2) is 0 Å². The number of hydrogen-bond acceptors (Lipinski definition) is 3. The predicted molar refractivity (Wildman–Crippen MR) is 58.2 cm³/mol. The van der Waals surface area contributed by atoms with Gasteiger partial charge in [0.05, 0.1) is 12.5 Å². The lowest BCUT2D eigenvalue weighted by Crippen LogP contribution is -2.27. The lowest BCUT2D eigenvalue weighted by atomic mass is 9.96. The molecule has 2 N–H and O–H groups in total. The van der Waals surface area contributed by atoms with E-state index in [0.29, 0.717) is 19.1 Å². The van der Waals surface area contributed by atoms with Crippen LogP contribution in [0.3, 0.4) is 0 Å². The second kappa shape index (κ2) is 4.97. The maximum Gasteiger partial charge on any atom is 0.309 e. The lowest BCUT2D eigenvalue weighted by molar-refractivity contribution is -0.149. The molecule has 2 aliphatic rings. The van der Waals surface area contributed by atoms with Gasteiger partial charge >= 0.3 is 5.97 Å². The number of ether oxygens (including phenoxy) is 1. The molecular formula is C12H21NO2. The fourth-order valence-electron chi connectivity index (χ4n) is 2.47. The minimum absolute atomic E-state index is 0.00333. The van der Waals surface area contributed by atoms with Gasteiger partial charge in [0.1, 0.15) is 0 Å². The highest BCUT2D eigenvalue weighted by molar-refractivity contribution is 5.73. The van der Waals surface area contributed by atoms with Crippen LogP contribution >= 0.6 is 0 Å². The SMILES string of the molecule is NCC1CCCC1C(=O)OCCC1CC1. The predicted octanol–water partition coefficient (Wildman–Crippen LogP) is 1.70. The van der Waals surface area contributed by atoms with Crippen LogP contribution in [0.5, 0.6) is 0 Å². The second-order valence-corrected chi connectivity index (χ2v) is 4.93. The quantitative estimate of drug-likeness (QED) is 0.704. The third-order valence-corrected chi connectivity index (χ3v) is 3.73. The van der Waals surface area contributed by atoms with Crippen molar-refractivity contribution in [2.24, 2.45) is 23.5 Å². The first-order chi connectivity index (χ1) is 7.31. The minimum atomic E-state index is 0.00333. The van der Waals surface area contributed by atoms with Crippen molar-refractivity contribution in [1.29, 1.82) is 0 Å². The minimum Gasteiger partial charge on any atom is -0.465 e. The number of rotatable bonds is 5. The van der Waals surface area contributed by atoms with Gasteiger partial charge in [0, 0.05) is 0 Å². The van der Waals surface area contributed by atoms with Crippen molar-refractivity contribution >= 4 is 5.97 Å². The Hall–Kier alpha value is -0.570. The Morgan fingerprint density at radius 2 is 2.07 bits per heavy atom. The van der Waals surface area contributed by atoms with Gasteiger partial charge < -0.3 is 10.5 Å². The van der Waals surface area contributed by atoms with E-state index in [0.717, 1.165) is 31.6 Å². The Balaban J connectivity index is 1.68. The molecule has 0 heterocycles. The maximum atomic E-state index is 11.7. The van der Waals surface area contributed by atoms with Gasteiger partial charge in [-0.15, -0.1) is 0 Å². The van der Waals surface area contributed by atoms with E-state index in [4.69, 9.17) is 10.5 Å². The molecule has 2 atom stereocenters. The zero-order valence-electron chi connectivity index (χ0n) is 9.28. The molecule has 86 valence electrons. The molecule has 0 aromatic heterocycles. The average Bonchev–Trinajstić information content (AvgIpc) is 2.94. The van der Waals surface area contributed by atoms with Gasteiger partial charge in [-0.1, -0.05) is 19.3 Å². The summed E-state index contributed by atoms with van der Waals surface area (Å²) >= 11 is 0. The van der Waals surface area contributed by atoms with Gasteiger partial charge in [-0.2, -0.15) is 0 Å². The zero-order chi connectivity index (χ0) is 10.7. The molecule has 0 aromatic rings. The number of nitrogens with two attached hydrogens (primary N) is 1. The van der Waals surface area contributed by atoms with E-state index < -0.39 is 0 Å². The number of carbonyl (C=O) groups is 1. The monoisotopic (exact) mass is 211 g/mol. The van der Waals surface area contributed by atoms with Crippen molar-refractivity contribution in [3.8, 4) is 0 Å². The van der Waals surface area contributed by atoms with Crippen LogP contribution in [0.4, 0.5) is 0 Å². The van der Waals surface area contributed by atoms with Crippen LogP contribution < -0.4 is 5.73 Å². The Bertz CT molecular complexity index is 226. The van der Waals surface area contributed by atoms with E-state index in [1.807, 2.05) is 0 Å². The fraction of sp³-hybridized carbons (Fsp3) is 0.917. The van der Waals surface area contributed by atoms with Crippen molar-refractivity contribution in [1.82, 2.24) is 0 Å². The molecule has 0 aromatic carbocycles. The van der Waals surface area contributed by atoms with Crippen LogP contribution in [0.15, 0.2) is 0 Å². The van der Waals surface area contributed by atoms with E-state index >= 15 is 0 Å². The summed E-state index contributed by atoms with van der Waals surface area (Å²) in [5, 5.41) is 0. The average molecular weight is 211 g/mol. The molecule has 0 aliphatic heterocycles. The van der Waals surface area contributed by atoms with Crippen molar-refractivity contribution < 1.29 is 9.53 Å². The van der Waals surface area contributed by atoms with E-state index in [1.165, 1.54) is 12.8 Å². The summed E-state index contributed by atoms with van der Waals surface area (Å²) in [5.74, 6) is 1.31. The highest BCUT2D eigenvalue weighted by Crippen LogP contribution is 2.34. The summed E-state index contributed by atoms with van der Waals surface area (Å²) < 4.78 is 5.31. The van der Waals surface area contributed by atoms with E-state index in [2.05, 4.69) is 0 Å². The summed E-state index contributed by atoms with van der Waals surface area (Å²) in [6.07, 6.45) is 6.91. The first-order valence-corrected chi connectivity index (χ1v) is 6.18. The zero-order valence-corrected chi connectivity index (χ0v) is 9.28.